The van der Waals surface area contributed by atoms with E-state index < -0.39 is 0 Å². The van der Waals surface area contributed by atoms with Gasteiger partial charge in [0.25, 0.3) is 0 Å². The first-order valence-electron chi connectivity index (χ1n) is 4.75. The summed E-state index contributed by atoms with van der Waals surface area (Å²) < 4.78 is 1.11. The van der Waals surface area contributed by atoms with Gasteiger partial charge in [-0.2, -0.15) is 0 Å². The van der Waals surface area contributed by atoms with Crippen LogP contribution in [0.1, 0.15) is 37.8 Å². The maximum absolute atomic E-state index is 6.03. The number of halogens is 1. The summed E-state index contributed by atoms with van der Waals surface area (Å²) in [7, 11) is 0. The third kappa shape index (κ3) is 3.49. The Hall–Kier alpha value is -0.340. The zero-order valence-electron chi connectivity index (χ0n) is 7.96. The zero-order chi connectivity index (χ0) is 9.68. The third-order valence-electron chi connectivity index (χ3n) is 2.15. The molecule has 0 saturated carbocycles. The summed E-state index contributed by atoms with van der Waals surface area (Å²) in [5, 5.41) is 0. The maximum atomic E-state index is 6.03. The Labute approximate surface area is 88.5 Å². The van der Waals surface area contributed by atoms with E-state index in [2.05, 4.69) is 35.0 Å². The van der Waals surface area contributed by atoms with Gasteiger partial charge in [0.15, 0.2) is 0 Å². The molecule has 1 aromatic rings. The summed E-state index contributed by atoms with van der Waals surface area (Å²) >= 11 is 3.44. The quantitative estimate of drug-likeness (QED) is 0.856. The van der Waals surface area contributed by atoms with Crippen LogP contribution in [0.4, 0.5) is 0 Å². The van der Waals surface area contributed by atoms with E-state index in [1.54, 1.807) is 0 Å². The molecule has 72 valence electrons. The van der Waals surface area contributed by atoms with Crippen molar-refractivity contribution in [1.82, 2.24) is 0 Å². The lowest BCUT2D eigenvalue weighted by atomic mass is 10.0. The van der Waals surface area contributed by atoms with E-state index in [4.69, 9.17) is 5.73 Å². The molecule has 1 atom stereocenters. The van der Waals surface area contributed by atoms with Crippen LogP contribution in [0.2, 0.25) is 0 Å². The minimum absolute atomic E-state index is 0.192. The Bertz CT molecular complexity index is 260. The smallest absolute Gasteiger partial charge is 0.0295 e. The molecule has 0 unspecified atom stereocenters. The Morgan fingerprint density at radius 1 is 1.46 bits per heavy atom. The highest BCUT2D eigenvalue weighted by Crippen LogP contribution is 2.20. The van der Waals surface area contributed by atoms with E-state index in [1.807, 2.05) is 12.1 Å². The third-order valence-corrected chi connectivity index (χ3v) is 2.64. The van der Waals surface area contributed by atoms with E-state index in [0.717, 1.165) is 10.9 Å². The maximum Gasteiger partial charge on any atom is 0.0295 e. The monoisotopic (exact) mass is 241 g/mol. The van der Waals surface area contributed by atoms with Crippen molar-refractivity contribution in [2.75, 3.05) is 0 Å². The molecule has 0 aromatic heterocycles. The molecule has 0 radical (unpaired) electrons. The molecule has 0 aliphatic carbocycles. The van der Waals surface area contributed by atoms with Crippen LogP contribution in [0, 0.1) is 0 Å². The lowest BCUT2D eigenvalue weighted by molar-refractivity contribution is 0.603. The fraction of sp³-hybridized carbons (Fsp3) is 0.455. The van der Waals surface area contributed by atoms with Crippen molar-refractivity contribution < 1.29 is 0 Å². The molecule has 0 amide bonds. The molecular weight excluding hydrogens is 226 g/mol. The Balaban J connectivity index is 2.60. The van der Waals surface area contributed by atoms with E-state index in [1.165, 1.54) is 18.4 Å². The fourth-order valence-corrected chi connectivity index (χ4v) is 1.74. The average Bonchev–Trinajstić information content (AvgIpc) is 2.14. The highest BCUT2D eigenvalue weighted by Gasteiger charge is 2.04. The summed E-state index contributed by atoms with van der Waals surface area (Å²) in [5.74, 6) is 0. The molecule has 1 nitrogen and oxygen atoms in total. The molecule has 1 aromatic carbocycles. The second kappa shape index (κ2) is 5.40. The second-order valence-electron chi connectivity index (χ2n) is 3.30. The molecule has 0 fully saturated rings. The first-order chi connectivity index (χ1) is 6.24. The number of benzene rings is 1. The topological polar surface area (TPSA) is 26.0 Å². The number of rotatable bonds is 4. The molecule has 0 bridgehead atoms. The first kappa shape index (κ1) is 10.7. The molecule has 0 aliphatic rings. The van der Waals surface area contributed by atoms with Crippen molar-refractivity contribution in [3.63, 3.8) is 0 Å². The van der Waals surface area contributed by atoms with Gasteiger partial charge in [0.05, 0.1) is 0 Å². The number of hydrogen-bond donors (Lipinski definition) is 1. The first-order valence-corrected chi connectivity index (χ1v) is 5.54. The normalized spacial score (nSPS) is 12.8. The molecule has 1 rings (SSSR count). The summed E-state index contributed by atoms with van der Waals surface area (Å²) in [6.45, 7) is 2.19. The van der Waals surface area contributed by atoms with Crippen LogP contribution in [-0.2, 0) is 0 Å². The summed E-state index contributed by atoms with van der Waals surface area (Å²) in [4.78, 5) is 0. The van der Waals surface area contributed by atoms with E-state index in [0.29, 0.717) is 0 Å². The zero-order valence-corrected chi connectivity index (χ0v) is 9.55. The number of hydrogen-bond acceptors (Lipinski definition) is 1. The van der Waals surface area contributed by atoms with Gasteiger partial charge in [0.2, 0.25) is 0 Å². The van der Waals surface area contributed by atoms with Gasteiger partial charge < -0.3 is 5.73 Å². The summed E-state index contributed by atoms with van der Waals surface area (Å²) in [5.41, 5.74) is 7.25. The van der Waals surface area contributed by atoms with Gasteiger partial charge in [0, 0.05) is 10.5 Å². The van der Waals surface area contributed by atoms with Gasteiger partial charge in [-0.15, -0.1) is 0 Å². The molecule has 0 spiro atoms. The Morgan fingerprint density at radius 2 is 2.23 bits per heavy atom. The van der Waals surface area contributed by atoms with Crippen molar-refractivity contribution in [2.45, 2.75) is 32.2 Å². The fourth-order valence-electron chi connectivity index (χ4n) is 1.33. The SMILES string of the molecule is CCCC[C@H](N)c1cccc(Br)c1. The largest absolute Gasteiger partial charge is 0.324 e. The minimum Gasteiger partial charge on any atom is -0.324 e. The second-order valence-corrected chi connectivity index (χ2v) is 4.22. The van der Waals surface area contributed by atoms with E-state index in [-0.39, 0.29) is 6.04 Å². The highest BCUT2D eigenvalue weighted by atomic mass is 79.9. The van der Waals surface area contributed by atoms with Gasteiger partial charge in [0.1, 0.15) is 0 Å². The van der Waals surface area contributed by atoms with Crippen LogP contribution >= 0.6 is 15.9 Å². The molecule has 0 heterocycles. The van der Waals surface area contributed by atoms with Crippen LogP contribution in [0.3, 0.4) is 0 Å². The van der Waals surface area contributed by atoms with Crippen LogP contribution in [0.25, 0.3) is 0 Å². The van der Waals surface area contributed by atoms with Crippen LogP contribution in [0.5, 0.6) is 0 Å². The van der Waals surface area contributed by atoms with Gasteiger partial charge in [-0.3, -0.25) is 0 Å². The number of nitrogens with two attached hydrogens (primary N) is 1. The van der Waals surface area contributed by atoms with Crippen molar-refractivity contribution in [3.8, 4) is 0 Å². The van der Waals surface area contributed by atoms with Crippen molar-refractivity contribution in [3.05, 3.63) is 34.3 Å². The molecule has 0 saturated heterocycles. The predicted octanol–water partition coefficient (Wildman–Crippen LogP) is 3.64. The van der Waals surface area contributed by atoms with Crippen molar-refractivity contribution >= 4 is 15.9 Å². The molecular formula is C11H16BrN. The van der Waals surface area contributed by atoms with E-state index >= 15 is 0 Å². The highest BCUT2D eigenvalue weighted by molar-refractivity contribution is 9.10. The molecule has 13 heavy (non-hydrogen) atoms. The minimum atomic E-state index is 0.192. The molecule has 0 aliphatic heterocycles. The van der Waals surface area contributed by atoms with Crippen molar-refractivity contribution in [2.24, 2.45) is 5.73 Å². The Morgan fingerprint density at radius 3 is 2.85 bits per heavy atom. The van der Waals surface area contributed by atoms with Crippen LogP contribution < -0.4 is 5.73 Å². The van der Waals surface area contributed by atoms with Gasteiger partial charge in [-0.25, -0.2) is 0 Å². The summed E-state index contributed by atoms with van der Waals surface area (Å²) in [6, 6.07) is 8.43. The van der Waals surface area contributed by atoms with Gasteiger partial charge in [-0.1, -0.05) is 47.8 Å². The molecule has 2 heteroatoms. The Kier molecular flexibility index (Phi) is 4.46. The predicted molar refractivity (Wildman–Crippen MR) is 60.6 cm³/mol. The standard InChI is InChI=1S/C11H16BrN/c1-2-3-7-11(13)9-5-4-6-10(12)8-9/h4-6,8,11H,2-3,7,13H2,1H3/t11-/m0/s1. The van der Waals surface area contributed by atoms with Crippen molar-refractivity contribution in [1.29, 1.82) is 0 Å². The lowest BCUT2D eigenvalue weighted by Crippen LogP contribution is -2.09. The van der Waals surface area contributed by atoms with Gasteiger partial charge >= 0.3 is 0 Å². The van der Waals surface area contributed by atoms with Gasteiger partial charge in [-0.05, 0) is 24.1 Å². The van der Waals surface area contributed by atoms with Crippen LogP contribution in [-0.4, -0.2) is 0 Å². The average molecular weight is 242 g/mol. The summed E-state index contributed by atoms with van der Waals surface area (Å²) in [6.07, 6.45) is 3.49. The lowest BCUT2D eigenvalue weighted by Gasteiger charge is -2.11. The van der Waals surface area contributed by atoms with E-state index in [9.17, 15) is 0 Å². The molecule has 2 N–H and O–H groups in total. The number of unbranched alkanes of at least 4 members (excludes halogenated alkanes) is 1. The van der Waals surface area contributed by atoms with Crippen LogP contribution in [0.15, 0.2) is 28.7 Å².